The van der Waals surface area contributed by atoms with Crippen LogP contribution in [-0.2, 0) is 0 Å². The first-order valence-corrected chi connectivity index (χ1v) is 3.93. The van der Waals surface area contributed by atoms with Crippen LogP contribution in [0.4, 0.5) is 0 Å². The summed E-state index contributed by atoms with van der Waals surface area (Å²) in [6.07, 6.45) is 6.86. The minimum atomic E-state index is 1.05. The van der Waals surface area contributed by atoms with Crippen LogP contribution in [0.2, 0.25) is 0 Å². The summed E-state index contributed by atoms with van der Waals surface area (Å²) in [6.45, 7) is 5.36. The first-order chi connectivity index (χ1) is 4.83. The zero-order valence-corrected chi connectivity index (χ0v) is 6.78. The van der Waals surface area contributed by atoms with Gasteiger partial charge in [-0.05, 0) is 19.4 Å². The van der Waals surface area contributed by atoms with E-state index in [-0.39, 0.29) is 0 Å². The van der Waals surface area contributed by atoms with Crippen molar-refractivity contribution < 1.29 is 0 Å². The molecular weight excluding hydrogens is 122 g/mol. The molecule has 1 heterocycles. The zero-order valence-electron chi connectivity index (χ0n) is 6.78. The van der Waals surface area contributed by atoms with E-state index in [0.717, 1.165) is 6.54 Å². The molecule has 1 aliphatic rings. The van der Waals surface area contributed by atoms with Crippen LogP contribution in [0.1, 0.15) is 26.7 Å². The molecule has 0 amide bonds. The molecule has 1 aliphatic heterocycles. The Hall–Kier alpha value is -0.720. The molecule has 1 heteroatoms. The van der Waals surface area contributed by atoms with Crippen LogP contribution in [0.15, 0.2) is 23.4 Å². The van der Waals surface area contributed by atoms with Gasteiger partial charge in [0, 0.05) is 12.2 Å². The van der Waals surface area contributed by atoms with Crippen molar-refractivity contribution in [3.05, 3.63) is 23.4 Å². The lowest BCUT2D eigenvalue weighted by molar-refractivity contribution is 0.784. The molecule has 1 N–H and O–H groups in total. The van der Waals surface area contributed by atoms with Crippen LogP contribution in [0.3, 0.4) is 0 Å². The second-order valence-corrected chi connectivity index (χ2v) is 2.78. The van der Waals surface area contributed by atoms with Crippen LogP contribution in [0, 0.1) is 0 Å². The monoisotopic (exact) mass is 137 g/mol. The molecule has 0 unspecified atom stereocenters. The highest BCUT2D eigenvalue weighted by atomic mass is 14.9. The van der Waals surface area contributed by atoms with Crippen LogP contribution < -0.4 is 5.32 Å². The van der Waals surface area contributed by atoms with Gasteiger partial charge < -0.3 is 5.32 Å². The largest absolute Gasteiger partial charge is 0.385 e. The second kappa shape index (κ2) is 3.45. The van der Waals surface area contributed by atoms with Gasteiger partial charge in [0.2, 0.25) is 0 Å². The van der Waals surface area contributed by atoms with Gasteiger partial charge >= 0.3 is 0 Å². The van der Waals surface area contributed by atoms with E-state index >= 15 is 0 Å². The summed E-state index contributed by atoms with van der Waals surface area (Å²) in [5.41, 5.74) is 2.80. The summed E-state index contributed by atoms with van der Waals surface area (Å²) in [5, 5.41) is 3.31. The summed E-state index contributed by atoms with van der Waals surface area (Å²) in [7, 11) is 0. The summed E-state index contributed by atoms with van der Waals surface area (Å²) in [4.78, 5) is 0. The third-order valence-corrected chi connectivity index (χ3v) is 1.73. The minimum Gasteiger partial charge on any atom is -0.385 e. The average Bonchev–Trinajstić information content (AvgIpc) is 1.95. The maximum Gasteiger partial charge on any atom is 0.0360 e. The van der Waals surface area contributed by atoms with Crippen LogP contribution in [0.25, 0.3) is 0 Å². The third kappa shape index (κ3) is 1.90. The summed E-state index contributed by atoms with van der Waals surface area (Å²) < 4.78 is 0. The maximum atomic E-state index is 3.31. The quantitative estimate of drug-likeness (QED) is 0.615. The van der Waals surface area contributed by atoms with Crippen LogP contribution in [-0.4, -0.2) is 6.54 Å². The Morgan fingerprint density at radius 2 is 2.30 bits per heavy atom. The molecule has 1 nitrogen and oxygen atoms in total. The predicted octanol–water partition coefficient (Wildman–Crippen LogP) is 2.22. The Bertz CT molecular complexity index is 162. The average molecular weight is 137 g/mol. The first-order valence-electron chi connectivity index (χ1n) is 3.93. The van der Waals surface area contributed by atoms with Crippen molar-refractivity contribution in [2.75, 3.05) is 6.54 Å². The van der Waals surface area contributed by atoms with Crippen molar-refractivity contribution in [2.45, 2.75) is 26.7 Å². The van der Waals surface area contributed by atoms with Gasteiger partial charge in [0.15, 0.2) is 0 Å². The number of rotatable bonds is 2. The van der Waals surface area contributed by atoms with E-state index in [9.17, 15) is 0 Å². The molecule has 0 aromatic carbocycles. The van der Waals surface area contributed by atoms with E-state index in [1.165, 1.54) is 24.1 Å². The van der Waals surface area contributed by atoms with Crippen molar-refractivity contribution >= 4 is 0 Å². The van der Waals surface area contributed by atoms with Gasteiger partial charge in [-0.3, -0.25) is 0 Å². The lowest BCUT2D eigenvalue weighted by Crippen LogP contribution is -2.17. The van der Waals surface area contributed by atoms with Crippen molar-refractivity contribution in [3.63, 3.8) is 0 Å². The van der Waals surface area contributed by atoms with Crippen LogP contribution >= 0.6 is 0 Å². The molecule has 56 valence electrons. The molecule has 0 fully saturated rings. The van der Waals surface area contributed by atoms with Gasteiger partial charge in [-0.25, -0.2) is 0 Å². The highest BCUT2D eigenvalue weighted by Crippen LogP contribution is 2.08. The molecule has 1 rings (SSSR count). The SMILES string of the molecule is CCCC1=CC=C(C)NC1. The predicted molar refractivity (Wildman–Crippen MR) is 44.8 cm³/mol. The normalized spacial score (nSPS) is 17.4. The van der Waals surface area contributed by atoms with Gasteiger partial charge in [0.05, 0.1) is 0 Å². The minimum absolute atomic E-state index is 1.05. The van der Waals surface area contributed by atoms with E-state index in [4.69, 9.17) is 0 Å². The Kier molecular flexibility index (Phi) is 2.55. The maximum absolute atomic E-state index is 3.31. The molecule has 0 aliphatic carbocycles. The van der Waals surface area contributed by atoms with E-state index in [0.29, 0.717) is 0 Å². The second-order valence-electron chi connectivity index (χ2n) is 2.78. The molecule has 0 aromatic rings. The van der Waals surface area contributed by atoms with E-state index in [1.807, 2.05) is 0 Å². The first kappa shape index (κ1) is 7.39. The van der Waals surface area contributed by atoms with E-state index in [2.05, 4.69) is 31.3 Å². The highest BCUT2D eigenvalue weighted by molar-refractivity contribution is 5.22. The molecule has 10 heavy (non-hydrogen) atoms. The molecular formula is C9H15N. The van der Waals surface area contributed by atoms with Gasteiger partial charge in [-0.15, -0.1) is 0 Å². The number of hydrogen-bond donors (Lipinski definition) is 1. The lowest BCUT2D eigenvalue weighted by Gasteiger charge is -2.13. The fourth-order valence-electron chi connectivity index (χ4n) is 1.11. The van der Waals surface area contributed by atoms with Gasteiger partial charge in [0.1, 0.15) is 0 Å². The van der Waals surface area contributed by atoms with Crippen molar-refractivity contribution in [1.82, 2.24) is 5.32 Å². The van der Waals surface area contributed by atoms with Gasteiger partial charge in [-0.2, -0.15) is 0 Å². The van der Waals surface area contributed by atoms with E-state index in [1.54, 1.807) is 0 Å². The smallest absolute Gasteiger partial charge is 0.0360 e. The number of dihydropyridines is 1. The van der Waals surface area contributed by atoms with Gasteiger partial charge in [0.25, 0.3) is 0 Å². The van der Waals surface area contributed by atoms with Crippen molar-refractivity contribution in [2.24, 2.45) is 0 Å². The summed E-state index contributed by atoms with van der Waals surface area (Å²) >= 11 is 0. The Labute approximate surface area is 62.8 Å². The lowest BCUT2D eigenvalue weighted by atomic mass is 10.1. The number of nitrogens with one attached hydrogen (secondary N) is 1. The van der Waals surface area contributed by atoms with Crippen molar-refractivity contribution in [3.8, 4) is 0 Å². The molecule has 0 saturated carbocycles. The Balaban J connectivity index is 2.47. The number of allylic oxidation sites excluding steroid dienone is 3. The molecule has 0 atom stereocenters. The molecule has 0 spiro atoms. The van der Waals surface area contributed by atoms with Crippen molar-refractivity contribution in [1.29, 1.82) is 0 Å². The van der Waals surface area contributed by atoms with E-state index < -0.39 is 0 Å². The highest BCUT2D eigenvalue weighted by Gasteiger charge is 1.99. The topological polar surface area (TPSA) is 12.0 Å². The van der Waals surface area contributed by atoms with Gasteiger partial charge in [-0.1, -0.05) is 25.0 Å². The van der Waals surface area contributed by atoms with Crippen LogP contribution in [0.5, 0.6) is 0 Å². The summed E-state index contributed by atoms with van der Waals surface area (Å²) in [6, 6.07) is 0. The molecule has 0 aromatic heterocycles. The molecule has 0 bridgehead atoms. The molecule has 0 radical (unpaired) electrons. The third-order valence-electron chi connectivity index (χ3n) is 1.73. The zero-order chi connectivity index (χ0) is 7.40. The fourth-order valence-corrected chi connectivity index (χ4v) is 1.11. The Morgan fingerprint density at radius 3 is 2.80 bits per heavy atom. The fraction of sp³-hybridized carbons (Fsp3) is 0.556. The standard InChI is InChI=1S/C9H15N/c1-3-4-9-6-5-8(2)10-7-9/h5-6,10H,3-4,7H2,1-2H3. The Morgan fingerprint density at radius 1 is 1.50 bits per heavy atom. The number of hydrogen-bond acceptors (Lipinski definition) is 1. The summed E-state index contributed by atoms with van der Waals surface area (Å²) in [5.74, 6) is 0. The molecule has 0 saturated heterocycles.